The summed E-state index contributed by atoms with van der Waals surface area (Å²) in [6.45, 7) is 8.22. The van der Waals surface area contributed by atoms with E-state index >= 15 is 0 Å². The summed E-state index contributed by atoms with van der Waals surface area (Å²) in [7, 11) is 1.79. The van der Waals surface area contributed by atoms with Gasteiger partial charge in [0, 0.05) is 24.8 Å². The van der Waals surface area contributed by atoms with Gasteiger partial charge in [0.05, 0.1) is 6.04 Å². The minimum Gasteiger partial charge on any atom is -0.352 e. The van der Waals surface area contributed by atoms with E-state index in [1.807, 2.05) is 27.7 Å². The van der Waals surface area contributed by atoms with E-state index in [1.165, 1.54) is 6.33 Å². The van der Waals surface area contributed by atoms with Crippen LogP contribution in [0.2, 0.25) is 0 Å². The lowest BCUT2D eigenvalue weighted by Gasteiger charge is -2.22. The minimum atomic E-state index is -0.358. The van der Waals surface area contributed by atoms with E-state index in [2.05, 4.69) is 26.0 Å². The highest BCUT2D eigenvalue weighted by Crippen LogP contribution is 2.21. The molecule has 8 nitrogen and oxygen atoms in total. The number of aromatic nitrogens is 3. The summed E-state index contributed by atoms with van der Waals surface area (Å²) in [5, 5.41) is 12.6. The van der Waals surface area contributed by atoms with Crippen LogP contribution < -0.4 is 16.0 Å². The second-order valence-electron chi connectivity index (χ2n) is 6.40. The van der Waals surface area contributed by atoms with Crippen molar-refractivity contribution >= 4 is 17.6 Å². The van der Waals surface area contributed by atoms with E-state index in [9.17, 15) is 9.59 Å². The van der Waals surface area contributed by atoms with E-state index in [1.54, 1.807) is 29.9 Å². The number of carbonyl (C=O) groups is 2. The number of nitrogens with one attached hydrogen (secondary N) is 3. The number of hydrogen-bond donors (Lipinski definition) is 3. The van der Waals surface area contributed by atoms with Crippen molar-refractivity contribution < 1.29 is 9.59 Å². The Morgan fingerprint density at radius 1 is 1.27 bits per heavy atom. The molecule has 1 atom stereocenters. The molecule has 1 aromatic heterocycles. The van der Waals surface area contributed by atoms with Gasteiger partial charge in [0.15, 0.2) is 0 Å². The molecular formula is C18H26N6O2. The van der Waals surface area contributed by atoms with Gasteiger partial charge in [-0.2, -0.15) is 5.10 Å². The topological polar surface area (TPSA) is 101 Å². The smallest absolute Gasteiger partial charge is 0.319 e. The van der Waals surface area contributed by atoms with Crippen molar-refractivity contribution in [2.45, 2.75) is 33.7 Å². The normalized spacial score (nSPS) is 11.9. The van der Waals surface area contributed by atoms with Crippen molar-refractivity contribution in [2.24, 2.45) is 13.0 Å². The molecule has 0 bridgehead atoms. The van der Waals surface area contributed by atoms with E-state index in [0.717, 1.165) is 0 Å². The summed E-state index contributed by atoms with van der Waals surface area (Å²) in [5.41, 5.74) is 1.85. The molecule has 0 radical (unpaired) electrons. The zero-order valence-corrected chi connectivity index (χ0v) is 15.8. The fourth-order valence-corrected chi connectivity index (χ4v) is 2.69. The Morgan fingerprint density at radius 3 is 2.58 bits per heavy atom. The van der Waals surface area contributed by atoms with Gasteiger partial charge >= 0.3 is 6.03 Å². The van der Waals surface area contributed by atoms with Gasteiger partial charge in [-0.1, -0.05) is 19.9 Å². The van der Waals surface area contributed by atoms with Crippen LogP contribution in [-0.2, 0) is 7.05 Å². The number of benzene rings is 1. The molecule has 0 saturated heterocycles. The lowest BCUT2D eigenvalue weighted by Crippen LogP contribution is -2.36. The highest BCUT2D eigenvalue weighted by Gasteiger charge is 2.23. The Hall–Kier alpha value is -2.90. The molecule has 0 fully saturated rings. The molecular weight excluding hydrogens is 332 g/mol. The molecule has 3 N–H and O–H groups in total. The SMILES string of the molecule is CCNC(=O)c1cccc(NC(=O)N[C@H](c2ncnn2C)C(C)C)c1C. The van der Waals surface area contributed by atoms with Crippen molar-refractivity contribution in [3.63, 3.8) is 0 Å². The van der Waals surface area contributed by atoms with E-state index in [4.69, 9.17) is 0 Å². The Labute approximate surface area is 153 Å². The first-order chi connectivity index (χ1) is 12.3. The number of carbonyl (C=O) groups excluding carboxylic acids is 2. The average molecular weight is 358 g/mol. The van der Waals surface area contributed by atoms with Gasteiger partial charge in [-0.15, -0.1) is 0 Å². The Morgan fingerprint density at radius 2 is 2.00 bits per heavy atom. The van der Waals surface area contributed by atoms with Crippen LogP contribution in [0.3, 0.4) is 0 Å². The minimum absolute atomic E-state index is 0.131. The summed E-state index contributed by atoms with van der Waals surface area (Å²) in [5.74, 6) is 0.655. The van der Waals surface area contributed by atoms with Gasteiger partial charge in [-0.3, -0.25) is 9.48 Å². The van der Waals surface area contributed by atoms with E-state index in [0.29, 0.717) is 29.2 Å². The van der Waals surface area contributed by atoms with Crippen LogP contribution in [0.25, 0.3) is 0 Å². The van der Waals surface area contributed by atoms with Crippen molar-refractivity contribution in [3.05, 3.63) is 41.5 Å². The summed E-state index contributed by atoms with van der Waals surface area (Å²) in [6.07, 6.45) is 1.46. The zero-order chi connectivity index (χ0) is 19.3. The van der Waals surface area contributed by atoms with Crippen molar-refractivity contribution in [1.82, 2.24) is 25.4 Å². The fourth-order valence-electron chi connectivity index (χ4n) is 2.69. The monoisotopic (exact) mass is 358 g/mol. The Kier molecular flexibility index (Phi) is 6.32. The van der Waals surface area contributed by atoms with Gasteiger partial charge in [0.25, 0.3) is 5.91 Å². The number of anilines is 1. The maximum Gasteiger partial charge on any atom is 0.319 e. The third kappa shape index (κ3) is 4.38. The quantitative estimate of drug-likeness (QED) is 0.738. The van der Waals surface area contributed by atoms with Crippen molar-refractivity contribution in [1.29, 1.82) is 0 Å². The molecule has 0 spiro atoms. The first-order valence-corrected chi connectivity index (χ1v) is 8.64. The molecule has 0 unspecified atom stereocenters. The summed E-state index contributed by atoms with van der Waals surface area (Å²) in [4.78, 5) is 28.8. The van der Waals surface area contributed by atoms with Gasteiger partial charge in [-0.05, 0) is 37.5 Å². The predicted octanol–water partition coefficient (Wildman–Crippen LogP) is 2.39. The van der Waals surface area contributed by atoms with Crippen molar-refractivity contribution in [2.75, 3.05) is 11.9 Å². The summed E-state index contributed by atoms with van der Waals surface area (Å²) < 4.78 is 1.64. The lowest BCUT2D eigenvalue weighted by molar-refractivity contribution is 0.0955. The van der Waals surface area contributed by atoms with Crippen LogP contribution in [0.15, 0.2) is 24.5 Å². The van der Waals surface area contributed by atoms with Crippen LogP contribution in [-0.4, -0.2) is 33.2 Å². The van der Waals surface area contributed by atoms with Gasteiger partial charge < -0.3 is 16.0 Å². The number of amides is 3. The number of hydrogen-bond acceptors (Lipinski definition) is 4. The third-order valence-corrected chi connectivity index (χ3v) is 4.14. The summed E-state index contributed by atoms with van der Waals surface area (Å²) in [6, 6.07) is 4.61. The van der Waals surface area contributed by atoms with Crippen LogP contribution in [0.4, 0.5) is 10.5 Å². The predicted molar refractivity (Wildman–Crippen MR) is 99.9 cm³/mol. The molecule has 1 heterocycles. The Balaban J connectivity index is 2.15. The van der Waals surface area contributed by atoms with Crippen molar-refractivity contribution in [3.8, 4) is 0 Å². The third-order valence-electron chi connectivity index (χ3n) is 4.14. The maximum atomic E-state index is 12.5. The van der Waals surface area contributed by atoms with Gasteiger partial charge in [-0.25, -0.2) is 9.78 Å². The van der Waals surface area contributed by atoms with E-state index in [-0.39, 0.29) is 23.9 Å². The largest absolute Gasteiger partial charge is 0.352 e. The van der Waals surface area contributed by atoms with Crippen LogP contribution >= 0.6 is 0 Å². The first-order valence-electron chi connectivity index (χ1n) is 8.64. The van der Waals surface area contributed by atoms with E-state index < -0.39 is 0 Å². The number of urea groups is 1. The molecule has 3 amide bonds. The molecule has 2 aromatic rings. The zero-order valence-electron chi connectivity index (χ0n) is 15.8. The van der Waals surface area contributed by atoms with Crippen LogP contribution in [0.1, 0.15) is 48.6 Å². The number of aryl methyl sites for hydroxylation is 1. The lowest BCUT2D eigenvalue weighted by atomic mass is 10.0. The highest BCUT2D eigenvalue weighted by molar-refractivity contribution is 5.99. The second-order valence-corrected chi connectivity index (χ2v) is 6.40. The molecule has 1 aromatic carbocycles. The number of nitrogens with zero attached hydrogens (tertiary/aromatic N) is 3. The molecule has 8 heteroatoms. The molecule has 0 saturated carbocycles. The first kappa shape index (κ1) is 19.4. The van der Waals surface area contributed by atoms with Gasteiger partial charge in [0.1, 0.15) is 12.2 Å². The van der Waals surface area contributed by atoms with Crippen LogP contribution in [0.5, 0.6) is 0 Å². The summed E-state index contributed by atoms with van der Waals surface area (Å²) >= 11 is 0. The fraction of sp³-hybridized carbons (Fsp3) is 0.444. The molecule has 0 aliphatic rings. The van der Waals surface area contributed by atoms with Crippen LogP contribution in [0, 0.1) is 12.8 Å². The highest BCUT2D eigenvalue weighted by atomic mass is 16.2. The molecule has 140 valence electrons. The average Bonchev–Trinajstić information content (AvgIpc) is 3.00. The maximum absolute atomic E-state index is 12.5. The molecule has 0 aliphatic heterocycles. The molecule has 2 rings (SSSR count). The van der Waals surface area contributed by atoms with Gasteiger partial charge in [0.2, 0.25) is 0 Å². The standard InChI is InChI=1S/C18H26N6O2/c1-6-19-17(25)13-8-7-9-14(12(13)4)22-18(26)23-15(11(2)3)16-20-10-21-24(16)5/h7-11,15H,6H2,1-5H3,(H,19,25)(H2,22,23,26)/t15-/m0/s1. The second kappa shape index (κ2) is 8.46. The molecule has 0 aliphatic carbocycles. The Bertz CT molecular complexity index is 784. The number of rotatable bonds is 6. The molecule has 26 heavy (non-hydrogen) atoms.